The Hall–Kier alpha value is -2.21. The number of carbonyl (C=O) groups is 2. The number of esters is 1. The molecule has 1 amide bonds. The Labute approximate surface area is 139 Å². The number of amides is 1. The minimum Gasteiger partial charge on any atom is -0.451 e. The second-order valence-corrected chi connectivity index (χ2v) is 6.26. The molecule has 1 heterocycles. The molecular weight excluding hydrogens is 312 g/mol. The number of nitrogens with zero attached hydrogens (tertiary/aromatic N) is 1. The average molecular weight is 332 g/mol. The summed E-state index contributed by atoms with van der Waals surface area (Å²) in [5.41, 5.74) is 1.46. The first-order valence-electron chi connectivity index (χ1n) is 7.58. The molecular formula is C17H20N2O3S. The Bertz CT molecular complexity index is 668. The molecule has 6 heteroatoms. The maximum atomic E-state index is 12.3. The zero-order chi connectivity index (χ0) is 16.7. The zero-order valence-electron chi connectivity index (χ0n) is 13.3. The van der Waals surface area contributed by atoms with Crippen molar-refractivity contribution < 1.29 is 14.3 Å². The van der Waals surface area contributed by atoms with Crippen molar-refractivity contribution in [2.24, 2.45) is 0 Å². The van der Waals surface area contributed by atoms with Gasteiger partial charge in [-0.25, -0.2) is 9.78 Å². The molecule has 0 atom stereocenters. The van der Waals surface area contributed by atoms with Gasteiger partial charge in [-0.1, -0.05) is 43.7 Å². The number of ether oxygens (including phenoxy) is 1. The van der Waals surface area contributed by atoms with Crippen LogP contribution in [0.2, 0.25) is 0 Å². The van der Waals surface area contributed by atoms with Crippen molar-refractivity contribution >= 4 is 23.2 Å². The summed E-state index contributed by atoms with van der Waals surface area (Å²) in [5.74, 6) is -0.797. The van der Waals surface area contributed by atoms with E-state index in [0.717, 1.165) is 23.4 Å². The van der Waals surface area contributed by atoms with Crippen molar-refractivity contribution in [2.75, 3.05) is 13.2 Å². The predicted octanol–water partition coefficient (Wildman–Crippen LogP) is 3.19. The number of hydrogen-bond acceptors (Lipinski definition) is 5. The molecule has 2 rings (SSSR count). The first-order valence-corrected chi connectivity index (χ1v) is 8.40. The van der Waals surface area contributed by atoms with Gasteiger partial charge in [-0.05, 0) is 13.3 Å². The van der Waals surface area contributed by atoms with E-state index in [1.165, 1.54) is 11.3 Å². The summed E-state index contributed by atoms with van der Waals surface area (Å²) in [7, 11) is 0. The SMILES string of the molecule is CCCCNC(=O)COC(=O)c1sc(C)nc1-c1ccccc1. The van der Waals surface area contributed by atoms with Crippen LogP contribution in [0.4, 0.5) is 0 Å². The number of benzene rings is 1. The highest BCUT2D eigenvalue weighted by Gasteiger charge is 2.20. The highest BCUT2D eigenvalue weighted by molar-refractivity contribution is 7.14. The number of unbranched alkanes of at least 4 members (excludes halogenated alkanes) is 1. The van der Waals surface area contributed by atoms with Crippen LogP contribution in [-0.4, -0.2) is 30.0 Å². The van der Waals surface area contributed by atoms with Gasteiger partial charge in [0.1, 0.15) is 4.88 Å². The minimum absolute atomic E-state index is 0.270. The second kappa shape index (κ2) is 8.43. The summed E-state index contributed by atoms with van der Waals surface area (Å²) < 4.78 is 5.12. The molecule has 122 valence electrons. The number of aromatic nitrogens is 1. The van der Waals surface area contributed by atoms with Crippen molar-refractivity contribution in [3.8, 4) is 11.3 Å². The van der Waals surface area contributed by atoms with Gasteiger partial charge in [0.15, 0.2) is 6.61 Å². The fraction of sp³-hybridized carbons (Fsp3) is 0.353. The van der Waals surface area contributed by atoms with E-state index in [1.807, 2.05) is 44.2 Å². The summed E-state index contributed by atoms with van der Waals surface area (Å²) in [5, 5.41) is 3.49. The number of aryl methyl sites for hydroxylation is 1. The highest BCUT2D eigenvalue weighted by atomic mass is 32.1. The molecule has 23 heavy (non-hydrogen) atoms. The van der Waals surface area contributed by atoms with Crippen molar-refractivity contribution in [2.45, 2.75) is 26.7 Å². The predicted molar refractivity (Wildman–Crippen MR) is 90.5 cm³/mol. The first kappa shape index (κ1) is 17.1. The molecule has 0 aliphatic rings. The molecule has 0 spiro atoms. The summed E-state index contributed by atoms with van der Waals surface area (Å²) in [6.07, 6.45) is 1.91. The molecule has 5 nitrogen and oxygen atoms in total. The lowest BCUT2D eigenvalue weighted by molar-refractivity contribution is -0.124. The molecule has 1 aromatic carbocycles. The molecule has 0 fully saturated rings. The lowest BCUT2D eigenvalue weighted by Crippen LogP contribution is -2.29. The van der Waals surface area contributed by atoms with Crippen molar-refractivity contribution in [1.82, 2.24) is 10.3 Å². The molecule has 2 aromatic rings. The van der Waals surface area contributed by atoms with E-state index in [4.69, 9.17) is 4.74 Å². The van der Waals surface area contributed by atoms with Crippen LogP contribution in [0.15, 0.2) is 30.3 Å². The van der Waals surface area contributed by atoms with Crippen molar-refractivity contribution in [3.05, 3.63) is 40.2 Å². The van der Waals surface area contributed by atoms with Crippen LogP contribution in [0.5, 0.6) is 0 Å². The number of thiazole rings is 1. The lowest BCUT2D eigenvalue weighted by atomic mass is 10.1. The maximum Gasteiger partial charge on any atom is 0.351 e. The zero-order valence-corrected chi connectivity index (χ0v) is 14.1. The Balaban J connectivity index is 2.02. The molecule has 1 aromatic heterocycles. The minimum atomic E-state index is -0.514. The van der Waals surface area contributed by atoms with E-state index in [-0.39, 0.29) is 12.5 Å². The van der Waals surface area contributed by atoms with Gasteiger partial charge in [-0.15, -0.1) is 11.3 Å². The van der Waals surface area contributed by atoms with Gasteiger partial charge in [0.05, 0.1) is 10.7 Å². The molecule has 0 saturated carbocycles. The third-order valence-electron chi connectivity index (χ3n) is 3.15. The first-order chi connectivity index (χ1) is 11.1. The fourth-order valence-corrected chi connectivity index (χ4v) is 2.84. The van der Waals surface area contributed by atoms with E-state index in [0.29, 0.717) is 17.1 Å². The second-order valence-electron chi connectivity index (χ2n) is 5.06. The van der Waals surface area contributed by atoms with E-state index in [2.05, 4.69) is 10.3 Å². The summed E-state index contributed by atoms with van der Waals surface area (Å²) >= 11 is 1.27. The Morgan fingerprint density at radius 1 is 1.26 bits per heavy atom. The largest absolute Gasteiger partial charge is 0.451 e. The quantitative estimate of drug-likeness (QED) is 0.624. The van der Waals surface area contributed by atoms with E-state index in [1.54, 1.807) is 0 Å². The van der Waals surface area contributed by atoms with Gasteiger partial charge in [0, 0.05) is 12.1 Å². The van der Waals surface area contributed by atoms with E-state index < -0.39 is 5.97 Å². The summed E-state index contributed by atoms with van der Waals surface area (Å²) in [6, 6.07) is 9.47. The van der Waals surface area contributed by atoms with Crippen LogP contribution >= 0.6 is 11.3 Å². The number of nitrogens with one attached hydrogen (secondary N) is 1. The number of rotatable bonds is 7. The van der Waals surface area contributed by atoms with Crippen molar-refractivity contribution in [3.63, 3.8) is 0 Å². The third kappa shape index (κ3) is 4.89. The molecule has 1 N–H and O–H groups in total. The van der Waals surface area contributed by atoms with Gasteiger partial charge in [0.2, 0.25) is 0 Å². The number of hydrogen-bond donors (Lipinski definition) is 1. The lowest BCUT2D eigenvalue weighted by Gasteiger charge is -2.06. The maximum absolute atomic E-state index is 12.3. The molecule has 0 unspecified atom stereocenters. The van der Waals surface area contributed by atoms with Crippen LogP contribution in [-0.2, 0) is 9.53 Å². The van der Waals surface area contributed by atoms with Gasteiger partial charge in [-0.3, -0.25) is 4.79 Å². The Kier molecular flexibility index (Phi) is 6.29. The van der Waals surface area contributed by atoms with Crippen LogP contribution in [0.3, 0.4) is 0 Å². The molecule has 0 saturated heterocycles. The van der Waals surface area contributed by atoms with Crippen LogP contribution in [0.25, 0.3) is 11.3 Å². The van der Waals surface area contributed by atoms with E-state index >= 15 is 0 Å². The normalized spacial score (nSPS) is 10.3. The summed E-state index contributed by atoms with van der Waals surface area (Å²) in [6.45, 7) is 4.21. The van der Waals surface area contributed by atoms with E-state index in [9.17, 15) is 9.59 Å². The van der Waals surface area contributed by atoms with Crippen LogP contribution in [0.1, 0.15) is 34.4 Å². The molecule has 0 bridgehead atoms. The standard InChI is InChI=1S/C17H20N2O3S/c1-3-4-10-18-14(20)11-22-17(21)16-15(19-12(2)23-16)13-8-6-5-7-9-13/h5-9H,3-4,10-11H2,1-2H3,(H,18,20). The summed E-state index contributed by atoms with van der Waals surface area (Å²) in [4.78, 5) is 28.7. The Morgan fingerprint density at radius 3 is 2.70 bits per heavy atom. The Morgan fingerprint density at radius 2 is 2.00 bits per heavy atom. The van der Waals surface area contributed by atoms with Crippen LogP contribution in [0, 0.1) is 6.92 Å². The topological polar surface area (TPSA) is 68.3 Å². The molecule has 0 aliphatic carbocycles. The van der Waals surface area contributed by atoms with Gasteiger partial charge in [0.25, 0.3) is 5.91 Å². The van der Waals surface area contributed by atoms with Gasteiger partial charge in [-0.2, -0.15) is 0 Å². The smallest absolute Gasteiger partial charge is 0.351 e. The molecule has 0 radical (unpaired) electrons. The van der Waals surface area contributed by atoms with Gasteiger partial charge >= 0.3 is 5.97 Å². The molecule has 0 aliphatic heterocycles. The average Bonchev–Trinajstić information content (AvgIpc) is 2.96. The van der Waals surface area contributed by atoms with Gasteiger partial charge < -0.3 is 10.1 Å². The third-order valence-corrected chi connectivity index (χ3v) is 4.10. The number of carbonyl (C=O) groups excluding carboxylic acids is 2. The van der Waals surface area contributed by atoms with Crippen molar-refractivity contribution in [1.29, 1.82) is 0 Å². The monoisotopic (exact) mass is 332 g/mol. The highest BCUT2D eigenvalue weighted by Crippen LogP contribution is 2.28. The fourth-order valence-electron chi connectivity index (χ4n) is 2.01. The van der Waals surface area contributed by atoms with Crippen LogP contribution < -0.4 is 5.32 Å².